The van der Waals surface area contributed by atoms with Gasteiger partial charge in [-0.3, -0.25) is 9.78 Å². The number of unbranched alkanes of at least 4 members (excludes halogenated alkanes) is 8. The lowest BCUT2D eigenvalue weighted by molar-refractivity contribution is 0.0955. The molecule has 0 saturated carbocycles. The third kappa shape index (κ3) is 8.95. The number of rotatable bonds is 11. The van der Waals surface area contributed by atoms with Gasteiger partial charge in [0, 0.05) is 24.2 Å². The number of hydrogen-bond acceptors (Lipinski definition) is 3. The molecule has 0 saturated heterocycles. The Labute approximate surface area is 128 Å². The molecular formula is C17H27N3O. The lowest BCUT2D eigenvalue weighted by atomic mass is 10.1. The van der Waals surface area contributed by atoms with E-state index in [1.807, 2.05) is 0 Å². The van der Waals surface area contributed by atoms with Crippen molar-refractivity contribution in [1.82, 2.24) is 10.4 Å². The van der Waals surface area contributed by atoms with E-state index in [9.17, 15) is 4.79 Å². The highest BCUT2D eigenvalue weighted by molar-refractivity contribution is 5.94. The van der Waals surface area contributed by atoms with Crippen LogP contribution in [0.15, 0.2) is 29.6 Å². The summed E-state index contributed by atoms with van der Waals surface area (Å²) in [6.45, 7) is 2.24. The molecule has 116 valence electrons. The largest absolute Gasteiger partial charge is 0.271 e. The van der Waals surface area contributed by atoms with Crippen LogP contribution in [0.2, 0.25) is 0 Å². The fraction of sp³-hybridized carbons (Fsp3) is 0.588. The monoisotopic (exact) mass is 289 g/mol. The summed E-state index contributed by atoms with van der Waals surface area (Å²) in [5, 5.41) is 3.96. The maximum Gasteiger partial charge on any atom is 0.271 e. The molecule has 1 rings (SSSR count). The Hall–Kier alpha value is -1.71. The molecule has 1 aromatic rings. The molecule has 0 fully saturated rings. The van der Waals surface area contributed by atoms with Crippen LogP contribution in [0.5, 0.6) is 0 Å². The third-order valence-corrected chi connectivity index (χ3v) is 3.39. The number of amides is 1. The van der Waals surface area contributed by atoms with Gasteiger partial charge in [-0.05, 0) is 25.0 Å². The second kappa shape index (κ2) is 12.1. The smallest absolute Gasteiger partial charge is 0.267 e. The fourth-order valence-corrected chi connectivity index (χ4v) is 2.11. The predicted molar refractivity (Wildman–Crippen MR) is 87.4 cm³/mol. The van der Waals surface area contributed by atoms with E-state index in [1.54, 1.807) is 30.7 Å². The van der Waals surface area contributed by atoms with Crippen LogP contribution in [-0.4, -0.2) is 17.1 Å². The molecule has 0 aromatic carbocycles. The fourth-order valence-electron chi connectivity index (χ4n) is 2.11. The number of aromatic nitrogens is 1. The maximum absolute atomic E-state index is 11.7. The van der Waals surface area contributed by atoms with Crippen LogP contribution in [0.4, 0.5) is 0 Å². The van der Waals surface area contributed by atoms with E-state index < -0.39 is 0 Å². The Morgan fingerprint density at radius 1 is 1.10 bits per heavy atom. The van der Waals surface area contributed by atoms with Crippen molar-refractivity contribution in [2.75, 3.05) is 0 Å². The summed E-state index contributed by atoms with van der Waals surface area (Å²) in [6, 6.07) is 3.34. The van der Waals surface area contributed by atoms with Gasteiger partial charge in [0.25, 0.3) is 5.91 Å². The lowest BCUT2D eigenvalue weighted by Gasteiger charge is -2.00. The minimum Gasteiger partial charge on any atom is -0.267 e. The highest BCUT2D eigenvalue weighted by atomic mass is 16.2. The highest BCUT2D eigenvalue weighted by Gasteiger charge is 2.01. The van der Waals surface area contributed by atoms with Crippen molar-refractivity contribution in [3.63, 3.8) is 0 Å². The van der Waals surface area contributed by atoms with E-state index in [1.165, 1.54) is 44.9 Å². The van der Waals surface area contributed by atoms with Gasteiger partial charge < -0.3 is 0 Å². The minimum atomic E-state index is -0.190. The van der Waals surface area contributed by atoms with Crippen LogP contribution in [0, 0.1) is 0 Å². The van der Waals surface area contributed by atoms with Gasteiger partial charge in [-0.2, -0.15) is 5.10 Å². The van der Waals surface area contributed by atoms with Gasteiger partial charge in [0.1, 0.15) is 0 Å². The molecule has 0 radical (unpaired) electrons. The molecule has 4 nitrogen and oxygen atoms in total. The molecule has 1 heterocycles. The Kier molecular flexibility index (Phi) is 9.96. The van der Waals surface area contributed by atoms with E-state index >= 15 is 0 Å². The number of hydrazone groups is 1. The summed E-state index contributed by atoms with van der Waals surface area (Å²) in [4.78, 5) is 15.5. The summed E-state index contributed by atoms with van der Waals surface area (Å²) in [7, 11) is 0. The molecule has 1 aromatic heterocycles. The summed E-state index contributed by atoms with van der Waals surface area (Å²) in [6.07, 6.45) is 16.4. The lowest BCUT2D eigenvalue weighted by Crippen LogP contribution is -2.17. The first-order valence-corrected chi connectivity index (χ1v) is 8.06. The SMILES string of the molecule is CCCCCCCCCC/C=N/NC(=O)c1ccncc1. The van der Waals surface area contributed by atoms with Gasteiger partial charge in [0.15, 0.2) is 0 Å². The van der Waals surface area contributed by atoms with Gasteiger partial charge in [0.2, 0.25) is 0 Å². The Balaban J connectivity index is 1.97. The summed E-state index contributed by atoms with van der Waals surface area (Å²) in [5.74, 6) is -0.190. The van der Waals surface area contributed by atoms with E-state index in [4.69, 9.17) is 0 Å². The standard InChI is InChI=1S/C17H27N3O/c1-2-3-4-5-6-7-8-9-10-13-19-20-17(21)16-11-14-18-15-12-16/h11-15H,2-10H2,1H3,(H,20,21)/b19-13+. The molecule has 1 N–H and O–H groups in total. The van der Waals surface area contributed by atoms with Crippen LogP contribution >= 0.6 is 0 Å². The van der Waals surface area contributed by atoms with Crippen LogP contribution < -0.4 is 5.43 Å². The average Bonchev–Trinajstić information content (AvgIpc) is 2.53. The molecule has 0 atom stereocenters. The number of carbonyl (C=O) groups is 1. The van der Waals surface area contributed by atoms with Crippen molar-refractivity contribution in [1.29, 1.82) is 0 Å². The maximum atomic E-state index is 11.7. The number of hydrogen-bond donors (Lipinski definition) is 1. The second-order valence-electron chi connectivity index (χ2n) is 5.25. The van der Waals surface area contributed by atoms with Crippen molar-refractivity contribution in [2.45, 2.75) is 64.7 Å². The zero-order chi connectivity index (χ0) is 15.2. The zero-order valence-electron chi connectivity index (χ0n) is 13.1. The first-order chi connectivity index (χ1) is 10.3. The first-order valence-electron chi connectivity index (χ1n) is 8.06. The van der Waals surface area contributed by atoms with Crippen LogP contribution in [0.25, 0.3) is 0 Å². The van der Waals surface area contributed by atoms with Crippen LogP contribution in [0.3, 0.4) is 0 Å². The van der Waals surface area contributed by atoms with Crippen molar-refractivity contribution in [3.05, 3.63) is 30.1 Å². The summed E-state index contributed by atoms with van der Waals surface area (Å²) >= 11 is 0. The Bertz CT molecular complexity index is 404. The highest BCUT2D eigenvalue weighted by Crippen LogP contribution is 2.08. The first kappa shape index (κ1) is 17.3. The van der Waals surface area contributed by atoms with Gasteiger partial charge in [-0.25, -0.2) is 5.43 Å². The molecule has 0 aliphatic rings. The summed E-state index contributed by atoms with van der Waals surface area (Å²) < 4.78 is 0. The number of nitrogens with one attached hydrogen (secondary N) is 1. The number of pyridine rings is 1. The zero-order valence-corrected chi connectivity index (χ0v) is 13.1. The topological polar surface area (TPSA) is 54.4 Å². The molecule has 0 bridgehead atoms. The molecule has 0 unspecified atom stereocenters. The van der Waals surface area contributed by atoms with Crippen molar-refractivity contribution >= 4 is 12.1 Å². The van der Waals surface area contributed by atoms with E-state index in [0.29, 0.717) is 5.56 Å². The molecule has 1 amide bonds. The van der Waals surface area contributed by atoms with Gasteiger partial charge in [-0.15, -0.1) is 0 Å². The molecule has 21 heavy (non-hydrogen) atoms. The predicted octanol–water partition coefficient (Wildman–Crippen LogP) is 4.33. The Morgan fingerprint density at radius 3 is 2.38 bits per heavy atom. The normalized spacial score (nSPS) is 10.9. The number of nitrogens with zero attached hydrogens (tertiary/aromatic N) is 2. The Morgan fingerprint density at radius 2 is 1.71 bits per heavy atom. The van der Waals surface area contributed by atoms with Gasteiger partial charge in [-0.1, -0.05) is 51.9 Å². The minimum absolute atomic E-state index is 0.190. The van der Waals surface area contributed by atoms with E-state index in [2.05, 4.69) is 22.4 Å². The summed E-state index contributed by atoms with van der Waals surface area (Å²) in [5.41, 5.74) is 3.10. The van der Waals surface area contributed by atoms with Gasteiger partial charge >= 0.3 is 0 Å². The van der Waals surface area contributed by atoms with Crippen LogP contribution in [-0.2, 0) is 0 Å². The molecule has 0 aliphatic carbocycles. The van der Waals surface area contributed by atoms with Crippen molar-refractivity contribution in [3.8, 4) is 0 Å². The van der Waals surface area contributed by atoms with Gasteiger partial charge in [0.05, 0.1) is 0 Å². The van der Waals surface area contributed by atoms with E-state index in [0.717, 1.165) is 12.8 Å². The molecule has 0 aliphatic heterocycles. The quantitative estimate of drug-likeness (QED) is 0.374. The second-order valence-corrected chi connectivity index (χ2v) is 5.25. The molecular weight excluding hydrogens is 262 g/mol. The van der Waals surface area contributed by atoms with Crippen molar-refractivity contribution in [2.24, 2.45) is 5.10 Å². The van der Waals surface area contributed by atoms with E-state index in [-0.39, 0.29) is 5.91 Å². The average molecular weight is 289 g/mol. The van der Waals surface area contributed by atoms with Crippen LogP contribution in [0.1, 0.15) is 75.1 Å². The number of carbonyl (C=O) groups excluding carboxylic acids is 1. The van der Waals surface area contributed by atoms with Crippen molar-refractivity contribution < 1.29 is 4.79 Å². The molecule has 0 spiro atoms. The molecule has 4 heteroatoms. The third-order valence-electron chi connectivity index (χ3n) is 3.39.